The molecule has 0 unspecified atom stereocenters. The van der Waals surface area contributed by atoms with Gasteiger partial charge in [0, 0.05) is 5.70 Å². The Morgan fingerprint density at radius 2 is 1.75 bits per heavy atom. The standard InChI is InChI=1S/C19H15F4N3OS/c1-10-15(16(26-18(28)24-10)11-6-8-12(20)9-7-11)17(27)25-14-5-3-2-4-13(14)19(21,22)23/h2-9,15-16H,1H2,(H,25,27)(H2,24,26,28)/t15-,16-/m0/s1. The minimum atomic E-state index is -4.62. The van der Waals surface area contributed by atoms with Crippen LogP contribution < -0.4 is 16.0 Å². The number of anilines is 1. The SMILES string of the molecule is C=C1NC(=S)N[C@@H](c2ccc(F)cc2)[C@H]1C(=O)Nc1ccccc1C(F)(F)F. The van der Waals surface area contributed by atoms with Gasteiger partial charge < -0.3 is 16.0 Å². The second-order valence-electron chi connectivity index (χ2n) is 6.16. The summed E-state index contributed by atoms with van der Waals surface area (Å²) in [5, 5.41) is 8.15. The fourth-order valence-electron chi connectivity index (χ4n) is 2.99. The number of hydrogen-bond donors (Lipinski definition) is 3. The van der Waals surface area contributed by atoms with Crippen LogP contribution in [0, 0.1) is 11.7 Å². The number of nitrogens with one attached hydrogen (secondary N) is 3. The van der Waals surface area contributed by atoms with Gasteiger partial charge in [-0.2, -0.15) is 13.2 Å². The van der Waals surface area contributed by atoms with Crippen LogP contribution in [0.5, 0.6) is 0 Å². The van der Waals surface area contributed by atoms with E-state index in [0.29, 0.717) is 5.56 Å². The second kappa shape index (κ2) is 7.59. The number of hydrogen-bond acceptors (Lipinski definition) is 2. The lowest BCUT2D eigenvalue weighted by atomic mass is 9.88. The maximum absolute atomic E-state index is 13.2. The molecule has 0 aromatic heterocycles. The summed E-state index contributed by atoms with van der Waals surface area (Å²) in [6.07, 6.45) is -4.62. The molecular formula is C19H15F4N3OS. The van der Waals surface area contributed by atoms with E-state index in [-0.39, 0.29) is 16.5 Å². The van der Waals surface area contributed by atoms with Crippen molar-refractivity contribution < 1.29 is 22.4 Å². The number of carbonyl (C=O) groups is 1. The third-order valence-electron chi connectivity index (χ3n) is 4.27. The summed E-state index contributed by atoms with van der Waals surface area (Å²) in [4.78, 5) is 12.9. The maximum Gasteiger partial charge on any atom is 0.418 e. The molecule has 2 aromatic carbocycles. The molecule has 2 atom stereocenters. The van der Waals surface area contributed by atoms with Crippen LogP contribution in [0.2, 0.25) is 0 Å². The van der Waals surface area contributed by atoms with Crippen molar-refractivity contribution in [3.63, 3.8) is 0 Å². The van der Waals surface area contributed by atoms with Crippen molar-refractivity contribution in [2.24, 2.45) is 5.92 Å². The first kappa shape index (κ1) is 19.8. The van der Waals surface area contributed by atoms with Gasteiger partial charge in [0.15, 0.2) is 5.11 Å². The van der Waals surface area contributed by atoms with Gasteiger partial charge in [-0.15, -0.1) is 0 Å². The van der Waals surface area contributed by atoms with Crippen molar-refractivity contribution in [1.29, 1.82) is 0 Å². The minimum Gasteiger partial charge on any atom is -0.354 e. The third-order valence-corrected chi connectivity index (χ3v) is 4.49. The molecule has 0 spiro atoms. The lowest BCUT2D eigenvalue weighted by Gasteiger charge is -2.35. The molecule has 3 rings (SSSR count). The Hall–Kier alpha value is -2.94. The van der Waals surface area contributed by atoms with Gasteiger partial charge in [-0.25, -0.2) is 4.39 Å². The van der Waals surface area contributed by atoms with Gasteiger partial charge in [0.1, 0.15) is 11.7 Å². The van der Waals surface area contributed by atoms with E-state index in [1.165, 1.54) is 42.5 Å². The molecule has 2 aromatic rings. The van der Waals surface area contributed by atoms with E-state index in [1.807, 2.05) is 0 Å². The number of alkyl halides is 3. The average Bonchev–Trinajstić information content (AvgIpc) is 2.61. The largest absolute Gasteiger partial charge is 0.418 e. The first-order chi connectivity index (χ1) is 13.2. The normalized spacial score (nSPS) is 19.6. The number of para-hydroxylation sites is 1. The molecule has 146 valence electrons. The Bertz CT molecular complexity index is 928. The van der Waals surface area contributed by atoms with Crippen LogP contribution in [0.15, 0.2) is 60.8 Å². The molecule has 1 aliphatic rings. The van der Waals surface area contributed by atoms with Gasteiger partial charge in [0.05, 0.1) is 17.3 Å². The molecule has 3 N–H and O–H groups in total. The fraction of sp³-hybridized carbons (Fsp3) is 0.158. The van der Waals surface area contributed by atoms with E-state index in [1.54, 1.807) is 0 Å². The van der Waals surface area contributed by atoms with Crippen molar-refractivity contribution in [2.45, 2.75) is 12.2 Å². The summed E-state index contributed by atoms with van der Waals surface area (Å²) in [6.45, 7) is 3.78. The highest BCUT2D eigenvalue weighted by atomic mass is 32.1. The number of thiocarbonyl (C=S) groups is 1. The highest BCUT2D eigenvalue weighted by Gasteiger charge is 2.38. The van der Waals surface area contributed by atoms with Crippen LogP contribution in [0.4, 0.5) is 23.2 Å². The molecule has 1 amide bonds. The Balaban J connectivity index is 1.93. The Kier molecular flexibility index (Phi) is 5.37. The van der Waals surface area contributed by atoms with Gasteiger partial charge in [0.25, 0.3) is 0 Å². The zero-order valence-electron chi connectivity index (χ0n) is 14.3. The van der Waals surface area contributed by atoms with E-state index in [9.17, 15) is 22.4 Å². The Morgan fingerprint density at radius 1 is 1.11 bits per heavy atom. The van der Waals surface area contributed by atoms with E-state index < -0.39 is 35.4 Å². The van der Waals surface area contributed by atoms with E-state index in [0.717, 1.165) is 6.07 Å². The predicted octanol–water partition coefficient (Wildman–Crippen LogP) is 4.13. The quantitative estimate of drug-likeness (QED) is 0.527. The fourth-order valence-corrected chi connectivity index (χ4v) is 3.25. The third kappa shape index (κ3) is 4.14. The number of rotatable bonds is 3. The van der Waals surface area contributed by atoms with Crippen LogP contribution in [0.1, 0.15) is 17.2 Å². The highest BCUT2D eigenvalue weighted by Crippen LogP contribution is 2.36. The molecule has 1 saturated heterocycles. The van der Waals surface area contributed by atoms with Crippen LogP contribution >= 0.6 is 12.2 Å². The van der Waals surface area contributed by atoms with Crippen molar-refractivity contribution in [1.82, 2.24) is 10.6 Å². The highest BCUT2D eigenvalue weighted by molar-refractivity contribution is 7.80. The van der Waals surface area contributed by atoms with Gasteiger partial charge >= 0.3 is 6.18 Å². The number of benzene rings is 2. The Morgan fingerprint density at radius 3 is 2.39 bits per heavy atom. The van der Waals surface area contributed by atoms with Gasteiger partial charge in [-0.1, -0.05) is 30.8 Å². The predicted molar refractivity (Wildman–Crippen MR) is 101 cm³/mol. The summed E-state index contributed by atoms with van der Waals surface area (Å²) < 4.78 is 52.9. The van der Waals surface area contributed by atoms with Gasteiger partial charge in [-0.05, 0) is 42.0 Å². The van der Waals surface area contributed by atoms with E-state index >= 15 is 0 Å². The first-order valence-corrected chi connectivity index (χ1v) is 8.56. The molecule has 0 aliphatic carbocycles. The molecule has 28 heavy (non-hydrogen) atoms. The number of halogens is 4. The van der Waals surface area contributed by atoms with Crippen molar-refractivity contribution in [3.8, 4) is 0 Å². The molecule has 9 heteroatoms. The van der Waals surface area contributed by atoms with Crippen LogP contribution in [0.3, 0.4) is 0 Å². The van der Waals surface area contributed by atoms with Crippen LogP contribution in [0.25, 0.3) is 0 Å². The smallest absolute Gasteiger partial charge is 0.354 e. The van der Waals surface area contributed by atoms with Crippen LogP contribution in [-0.2, 0) is 11.0 Å². The summed E-state index contributed by atoms with van der Waals surface area (Å²) in [6, 6.07) is 9.34. The maximum atomic E-state index is 13.2. The molecule has 1 fully saturated rings. The lowest BCUT2D eigenvalue weighted by molar-refractivity contribution is -0.137. The molecule has 0 saturated carbocycles. The summed E-state index contributed by atoms with van der Waals surface area (Å²) >= 11 is 5.09. The summed E-state index contributed by atoms with van der Waals surface area (Å²) in [5.74, 6) is -2.16. The Labute approximate surface area is 163 Å². The summed E-state index contributed by atoms with van der Waals surface area (Å²) in [7, 11) is 0. The van der Waals surface area contributed by atoms with Crippen molar-refractivity contribution in [2.75, 3.05) is 5.32 Å². The average molecular weight is 409 g/mol. The zero-order chi connectivity index (χ0) is 20.5. The number of amides is 1. The molecule has 0 bridgehead atoms. The molecular weight excluding hydrogens is 394 g/mol. The van der Waals surface area contributed by atoms with Crippen LogP contribution in [-0.4, -0.2) is 11.0 Å². The van der Waals surface area contributed by atoms with E-state index in [4.69, 9.17) is 12.2 Å². The monoisotopic (exact) mass is 409 g/mol. The van der Waals surface area contributed by atoms with Gasteiger partial charge in [-0.3, -0.25) is 4.79 Å². The number of carbonyl (C=O) groups excluding carboxylic acids is 1. The first-order valence-electron chi connectivity index (χ1n) is 8.15. The molecule has 0 radical (unpaired) electrons. The topological polar surface area (TPSA) is 53.2 Å². The molecule has 1 aliphatic heterocycles. The van der Waals surface area contributed by atoms with E-state index in [2.05, 4.69) is 22.5 Å². The van der Waals surface area contributed by atoms with Gasteiger partial charge in [0.2, 0.25) is 5.91 Å². The molecule has 4 nitrogen and oxygen atoms in total. The zero-order valence-corrected chi connectivity index (χ0v) is 15.1. The second-order valence-corrected chi connectivity index (χ2v) is 6.57. The van der Waals surface area contributed by atoms with Crippen molar-refractivity contribution >= 4 is 28.9 Å². The molecule has 1 heterocycles. The van der Waals surface area contributed by atoms with Crippen molar-refractivity contribution in [3.05, 3.63) is 77.8 Å². The lowest BCUT2D eigenvalue weighted by Crippen LogP contribution is -2.51. The minimum absolute atomic E-state index is 0.207. The summed E-state index contributed by atoms with van der Waals surface area (Å²) in [5.41, 5.74) is -0.561.